The SMILES string of the molecule is Cc1ccc(C(=O)C(OCc2ccccc2)C(OCc2ccccc2)C(OCc2ccccc2)C(C)(COCc2ccccc2)O[Si](C)(C)C)cc1Cc1ccc(OCc2ccccc2)cc1. The average Bonchev–Trinajstić information content (AvgIpc) is 3.34. The first-order valence-electron chi connectivity index (χ1n) is 23.2. The number of rotatable bonds is 25. The second kappa shape index (κ2) is 24.2. The van der Waals surface area contributed by atoms with Gasteiger partial charge in [-0.15, -0.1) is 0 Å². The standard InChI is InChI=1S/C59H64O7Si/c1-45-31-34-52(38-53(45)37-46-32-35-54(36-33-46)62-40-48-23-13-7-14-24-48)55(60)56(63-41-49-25-15-8-16-26-49)57(64-42-50-27-17-9-18-28-50)58(65-43-51-29-19-10-20-30-51)59(2,66-67(3,4)5)44-61-39-47-21-11-6-12-22-47/h6-36,38,56-58H,37,39-44H2,1-5H3. The lowest BCUT2D eigenvalue weighted by Gasteiger charge is -2.46. The molecule has 8 heteroatoms. The third-order valence-corrected chi connectivity index (χ3v) is 12.6. The van der Waals surface area contributed by atoms with Crippen molar-refractivity contribution in [2.24, 2.45) is 0 Å². The fourth-order valence-electron chi connectivity index (χ4n) is 8.22. The molecule has 0 aliphatic rings. The van der Waals surface area contributed by atoms with E-state index in [1.807, 2.05) is 177 Å². The molecule has 0 heterocycles. The summed E-state index contributed by atoms with van der Waals surface area (Å²) < 4.78 is 41.1. The van der Waals surface area contributed by atoms with E-state index in [-0.39, 0.29) is 32.2 Å². The minimum Gasteiger partial charge on any atom is -0.489 e. The maximum absolute atomic E-state index is 15.6. The number of ether oxygens (including phenoxy) is 5. The van der Waals surface area contributed by atoms with Crippen molar-refractivity contribution in [3.05, 3.63) is 244 Å². The van der Waals surface area contributed by atoms with Crippen LogP contribution >= 0.6 is 0 Å². The van der Waals surface area contributed by atoms with Crippen LogP contribution in [0.25, 0.3) is 0 Å². The minimum absolute atomic E-state index is 0.168. The zero-order valence-corrected chi connectivity index (χ0v) is 40.5. The molecule has 0 aromatic heterocycles. The molecule has 0 aliphatic carbocycles. The topological polar surface area (TPSA) is 72.5 Å². The van der Waals surface area contributed by atoms with Crippen LogP contribution in [0.15, 0.2) is 194 Å². The highest BCUT2D eigenvalue weighted by Gasteiger charge is 2.50. The third-order valence-electron chi connectivity index (χ3n) is 11.5. The van der Waals surface area contributed by atoms with Gasteiger partial charge >= 0.3 is 0 Å². The number of aryl methyl sites for hydroxylation is 1. The lowest BCUT2D eigenvalue weighted by molar-refractivity contribution is -0.205. The highest BCUT2D eigenvalue weighted by molar-refractivity contribution is 6.69. The van der Waals surface area contributed by atoms with E-state index in [1.54, 1.807) is 0 Å². The van der Waals surface area contributed by atoms with Crippen molar-refractivity contribution in [2.45, 2.75) is 96.9 Å². The molecule has 0 fully saturated rings. The molecule has 7 nitrogen and oxygen atoms in total. The summed E-state index contributed by atoms with van der Waals surface area (Å²) in [4.78, 5) is 15.6. The number of benzene rings is 7. The number of ketones is 1. The van der Waals surface area contributed by atoms with Crippen molar-refractivity contribution >= 4 is 14.1 Å². The predicted octanol–water partition coefficient (Wildman–Crippen LogP) is 12.9. The molecule has 7 aromatic rings. The predicted molar refractivity (Wildman–Crippen MR) is 270 cm³/mol. The summed E-state index contributed by atoms with van der Waals surface area (Å²) in [5.41, 5.74) is 7.64. The van der Waals surface area contributed by atoms with Crippen molar-refractivity contribution in [3.8, 4) is 5.75 Å². The summed E-state index contributed by atoms with van der Waals surface area (Å²) in [5, 5.41) is 0. The van der Waals surface area contributed by atoms with Crippen molar-refractivity contribution in [3.63, 3.8) is 0 Å². The second-order valence-corrected chi connectivity index (χ2v) is 22.7. The van der Waals surface area contributed by atoms with Crippen LogP contribution in [-0.2, 0) is 62.8 Å². The van der Waals surface area contributed by atoms with E-state index in [4.69, 9.17) is 28.1 Å². The molecule has 0 bridgehead atoms. The summed E-state index contributed by atoms with van der Waals surface area (Å²) in [6, 6.07) is 64.3. The Bertz CT molecular complexity index is 2530. The van der Waals surface area contributed by atoms with E-state index in [0.717, 1.165) is 50.3 Å². The largest absolute Gasteiger partial charge is 0.489 e. The van der Waals surface area contributed by atoms with Crippen molar-refractivity contribution in [1.29, 1.82) is 0 Å². The lowest BCUT2D eigenvalue weighted by Crippen LogP contribution is -2.61. The molecule has 0 radical (unpaired) electrons. The van der Waals surface area contributed by atoms with Crippen molar-refractivity contribution < 1.29 is 32.9 Å². The first kappa shape index (κ1) is 48.9. The Labute approximate surface area is 398 Å². The first-order chi connectivity index (χ1) is 32.5. The molecule has 7 rings (SSSR count). The maximum Gasteiger partial charge on any atom is 0.194 e. The van der Waals surface area contributed by atoms with Gasteiger partial charge in [0.05, 0.1) is 33.0 Å². The second-order valence-electron chi connectivity index (χ2n) is 18.3. The van der Waals surface area contributed by atoms with E-state index in [0.29, 0.717) is 25.2 Å². The molecule has 346 valence electrons. The molecule has 4 unspecified atom stereocenters. The van der Waals surface area contributed by atoms with E-state index >= 15 is 4.79 Å². The molecular formula is C59H64O7Si. The Hall–Kier alpha value is -5.97. The van der Waals surface area contributed by atoms with Gasteiger partial charge in [-0.2, -0.15) is 0 Å². The summed E-state index contributed by atoms with van der Waals surface area (Å²) >= 11 is 0. The minimum atomic E-state index is -2.35. The molecule has 4 atom stereocenters. The number of hydrogen-bond acceptors (Lipinski definition) is 7. The van der Waals surface area contributed by atoms with Gasteiger partial charge in [-0.1, -0.05) is 176 Å². The number of carbonyl (C=O) groups is 1. The summed E-state index contributed by atoms with van der Waals surface area (Å²) in [6.07, 6.45) is -2.31. The molecule has 0 amide bonds. The maximum atomic E-state index is 15.6. The van der Waals surface area contributed by atoms with Gasteiger partial charge in [-0.3, -0.25) is 4.79 Å². The molecule has 67 heavy (non-hydrogen) atoms. The first-order valence-corrected chi connectivity index (χ1v) is 26.6. The van der Waals surface area contributed by atoms with Gasteiger partial charge in [0.25, 0.3) is 0 Å². The van der Waals surface area contributed by atoms with Gasteiger partial charge in [0.2, 0.25) is 0 Å². The fourth-order valence-corrected chi connectivity index (χ4v) is 9.79. The van der Waals surface area contributed by atoms with Crippen LogP contribution in [0, 0.1) is 6.92 Å². The van der Waals surface area contributed by atoms with E-state index < -0.39 is 32.2 Å². The average molecular weight is 913 g/mol. The Morgan fingerprint density at radius 1 is 0.522 bits per heavy atom. The Morgan fingerprint density at radius 3 is 1.49 bits per heavy atom. The van der Waals surface area contributed by atoms with Crippen LogP contribution in [0.5, 0.6) is 5.75 Å². The summed E-state index contributed by atoms with van der Waals surface area (Å²) in [6.45, 7) is 12.2. The van der Waals surface area contributed by atoms with Crippen LogP contribution in [0.1, 0.15) is 61.8 Å². The smallest absolute Gasteiger partial charge is 0.194 e. The van der Waals surface area contributed by atoms with Gasteiger partial charge < -0.3 is 28.1 Å². The van der Waals surface area contributed by atoms with E-state index in [2.05, 4.69) is 50.8 Å². The van der Waals surface area contributed by atoms with Gasteiger partial charge in [0, 0.05) is 5.56 Å². The molecule has 0 aliphatic heterocycles. The van der Waals surface area contributed by atoms with Crippen LogP contribution in [0.4, 0.5) is 0 Å². The Balaban J connectivity index is 1.26. The summed E-state index contributed by atoms with van der Waals surface area (Å²) in [7, 11) is -2.35. The molecule has 0 spiro atoms. The normalized spacial score (nSPS) is 13.9. The van der Waals surface area contributed by atoms with E-state index in [9.17, 15) is 0 Å². The molecule has 0 saturated heterocycles. The molecule has 7 aromatic carbocycles. The van der Waals surface area contributed by atoms with E-state index in [1.165, 1.54) is 0 Å². The van der Waals surface area contributed by atoms with Crippen LogP contribution in [-0.4, -0.2) is 44.6 Å². The van der Waals surface area contributed by atoms with Gasteiger partial charge in [0.15, 0.2) is 14.1 Å². The molecular weight excluding hydrogens is 849 g/mol. The zero-order chi connectivity index (χ0) is 46.9. The van der Waals surface area contributed by atoms with Gasteiger partial charge in [-0.25, -0.2) is 0 Å². The summed E-state index contributed by atoms with van der Waals surface area (Å²) in [5.74, 6) is 0.585. The quantitative estimate of drug-likeness (QED) is 0.0418. The van der Waals surface area contributed by atoms with Crippen molar-refractivity contribution in [2.75, 3.05) is 6.61 Å². The molecule has 0 saturated carbocycles. The fraction of sp³-hybridized carbons (Fsp3) is 0.271. The third kappa shape index (κ3) is 15.0. The Morgan fingerprint density at radius 2 is 0.985 bits per heavy atom. The number of carbonyl (C=O) groups excluding carboxylic acids is 1. The van der Waals surface area contributed by atoms with Gasteiger partial charge in [0.1, 0.15) is 36.3 Å². The lowest BCUT2D eigenvalue weighted by atomic mass is 9.88. The van der Waals surface area contributed by atoms with Crippen LogP contribution in [0.2, 0.25) is 19.6 Å². The molecule has 0 N–H and O–H groups in total. The van der Waals surface area contributed by atoms with Crippen LogP contribution in [0.3, 0.4) is 0 Å². The van der Waals surface area contributed by atoms with Gasteiger partial charge in [-0.05, 0) is 103 Å². The number of Topliss-reactive ketones (excluding diaryl/α,β-unsaturated/α-hetero) is 1. The van der Waals surface area contributed by atoms with Crippen LogP contribution < -0.4 is 4.74 Å². The monoisotopic (exact) mass is 912 g/mol. The highest BCUT2D eigenvalue weighted by atomic mass is 28.4. The highest BCUT2D eigenvalue weighted by Crippen LogP contribution is 2.34. The zero-order valence-electron chi connectivity index (χ0n) is 39.5. The van der Waals surface area contributed by atoms with Crippen molar-refractivity contribution in [1.82, 2.24) is 0 Å². The Kier molecular flexibility index (Phi) is 17.7. The number of hydrogen-bond donors (Lipinski definition) is 0.